The number of nitrogens with two attached hydrogens (primary N) is 1. The molecule has 176 valence electrons. The summed E-state index contributed by atoms with van der Waals surface area (Å²) in [6, 6.07) is 18.3. The summed E-state index contributed by atoms with van der Waals surface area (Å²) in [5, 5.41) is 0.596. The molecule has 0 unspecified atom stereocenters. The number of amides is 1. The molecule has 35 heavy (non-hydrogen) atoms. The van der Waals surface area contributed by atoms with E-state index in [0.717, 1.165) is 24.2 Å². The molecule has 1 saturated heterocycles. The predicted molar refractivity (Wildman–Crippen MR) is 135 cm³/mol. The first-order chi connectivity index (χ1) is 17.0. The molecular formula is C27H25N5O3. The Bertz CT molecular complexity index is 1450. The van der Waals surface area contributed by atoms with Crippen molar-refractivity contribution >= 4 is 22.8 Å². The van der Waals surface area contributed by atoms with E-state index >= 15 is 0 Å². The van der Waals surface area contributed by atoms with Crippen molar-refractivity contribution in [3.63, 3.8) is 0 Å². The van der Waals surface area contributed by atoms with Crippen LogP contribution in [0.2, 0.25) is 0 Å². The third-order valence-corrected chi connectivity index (χ3v) is 6.25. The molecule has 0 aliphatic carbocycles. The summed E-state index contributed by atoms with van der Waals surface area (Å²) in [4.78, 5) is 36.3. The Hall–Kier alpha value is -4.46. The number of ether oxygens (including phenoxy) is 1. The molecule has 8 heteroatoms. The van der Waals surface area contributed by atoms with Crippen LogP contribution < -0.4 is 16.0 Å². The highest BCUT2D eigenvalue weighted by Gasteiger charge is 2.27. The highest BCUT2D eigenvalue weighted by atomic mass is 16.5. The van der Waals surface area contributed by atoms with Crippen molar-refractivity contribution in [2.75, 3.05) is 18.8 Å². The Labute approximate surface area is 202 Å². The number of hydrogen-bond acceptors (Lipinski definition) is 6. The van der Waals surface area contributed by atoms with Gasteiger partial charge in [0, 0.05) is 18.7 Å². The van der Waals surface area contributed by atoms with Crippen LogP contribution in [0.5, 0.6) is 11.5 Å². The van der Waals surface area contributed by atoms with E-state index in [1.54, 1.807) is 15.5 Å². The monoisotopic (exact) mass is 467 g/mol. The van der Waals surface area contributed by atoms with E-state index < -0.39 is 0 Å². The Morgan fingerprint density at radius 3 is 2.57 bits per heavy atom. The minimum absolute atomic E-state index is 0.147. The lowest BCUT2D eigenvalue weighted by Crippen LogP contribution is -2.42. The molecule has 1 amide bonds. The molecular weight excluding hydrogens is 442 g/mol. The van der Waals surface area contributed by atoms with Crippen LogP contribution in [-0.4, -0.2) is 38.4 Å². The van der Waals surface area contributed by atoms with Gasteiger partial charge in [0.05, 0.1) is 11.4 Å². The molecule has 1 fully saturated rings. The Morgan fingerprint density at radius 1 is 1.09 bits per heavy atom. The first kappa shape index (κ1) is 22.3. The maximum Gasteiger partial charge on any atom is 0.260 e. The predicted octanol–water partition coefficient (Wildman–Crippen LogP) is 4.18. The van der Waals surface area contributed by atoms with E-state index in [1.165, 1.54) is 12.4 Å². The zero-order valence-electron chi connectivity index (χ0n) is 19.1. The summed E-state index contributed by atoms with van der Waals surface area (Å²) in [6.07, 6.45) is 4.18. The van der Waals surface area contributed by atoms with Crippen LogP contribution in [0.4, 0.5) is 5.82 Å². The second kappa shape index (κ2) is 9.42. The third kappa shape index (κ3) is 4.38. The first-order valence-corrected chi connectivity index (χ1v) is 11.5. The first-order valence-electron chi connectivity index (χ1n) is 11.5. The summed E-state index contributed by atoms with van der Waals surface area (Å²) in [5.74, 6) is 1.54. The van der Waals surface area contributed by atoms with Gasteiger partial charge in [0.2, 0.25) is 5.91 Å². The lowest BCUT2D eigenvalue weighted by molar-refractivity contribution is -0.127. The number of carbonyl (C=O) groups excluding carboxylic acids is 1. The maximum atomic E-state index is 13.8. The molecule has 1 atom stereocenters. The van der Waals surface area contributed by atoms with E-state index in [9.17, 15) is 9.59 Å². The van der Waals surface area contributed by atoms with Crippen LogP contribution in [-0.2, 0) is 4.79 Å². The van der Waals surface area contributed by atoms with E-state index in [1.807, 2.05) is 54.6 Å². The molecule has 2 aromatic heterocycles. The highest BCUT2D eigenvalue weighted by molar-refractivity contribution is 5.89. The summed E-state index contributed by atoms with van der Waals surface area (Å²) < 4.78 is 7.55. The van der Waals surface area contributed by atoms with Crippen LogP contribution in [0.15, 0.2) is 84.4 Å². The second-order valence-electron chi connectivity index (χ2n) is 8.45. The summed E-state index contributed by atoms with van der Waals surface area (Å²) in [6.45, 7) is 4.63. The largest absolute Gasteiger partial charge is 0.457 e. The normalized spacial score (nSPS) is 15.7. The molecule has 4 aromatic rings. The number of nitrogens with zero attached hydrogens (tertiary/aromatic N) is 4. The molecule has 0 bridgehead atoms. The van der Waals surface area contributed by atoms with E-state index in [-0.39, 0.29) is 17.5 Å². The molecule has 0 radical (unpaired) electrons. The number of benzene rings is 2. The van der Waals surface area contributed by atoms with Gasteiger partial charge in [-0.25, -0.2) is 9.97 Å². The zero-order chi connectivity index (χ0) is 24.4. The smallest absolute Gasteiger partial charge is 0.260 e. The highest BCUT2D eigenvalue weighted by Crippen LogP contribution is 2.30. The molecule has 8 nitrogen and oxygen atoms in total. The van der Waals surface area contributed by atoms with Crippen molar-refractivity contribution in [3.05, 3.63) is 90.0 Å². The lowest BCUT2D eigenvalue weighted by Gasteiger charge is -2.33. The van der Waals surface area contributed by atoms with Gasteiger partial charge in [-0.15, -0.1) is 0 Å². The topological polar surface area (TPSA) is 103 Å². The van der Waals surface area contributed by atoms with Gasteiger partial charge < -0.3 is 15.4 Å². The van der Waals surface area contributed by atoms with Crippen molar-refractivity contribution in [2.24, 2.45) is 0 Å². The number of anilines is 1. The quantitative estimate of drug-likeness (QED) is 0.442. The van der Waals surface area contributed by atoms with Crippen LogP contribution in [0.1, 0.15) is 18.9 Å². The number of carbonyl (C=O) groups is 1. The number of para-hydroxylation sites is 1. The minimum Gasteiger partial charge on any atom is -0.457 e. The Kier molecular flexibility index (Phi) is 6.01. The maximum absolute atomic E-state index is 13.8. The number of hydrogen-bond donors (Lipinski definition) is 1. The van der Waals surface area contributed by atoms with Crippen molar-refractivity contribution in [1.29, 1.82) is 0 Å². The van der Waals surface area contributed by atoms with Gasteiger partial charge in [-0.3, -0.25) is 14.2 Å². The fraction of sp³-hybridized carbons (Fsp3) is 0.185. The van der Waals surface area contributed by atoms with Crippen molar-refractivity contribution < 1.29 is 9.53 Å². The molecule has 1 aliphatic heterocycles. The van der Waals surface area contributed by atoms with Crippen molar-refractivity contribution in [2.45, 2.75) is 18.9 Å². The number of fused-ring (bicyclic) bond motifs is 1. The average Bonchev–Trinajstić information content (AvgIpc) is 2.89. The number of likely N-dealkylation sites (tertiary alicyclic amines) is 1. The van der Waals surface area contributed by atoms with Crippen LogP contribution in [0, 0.1) is 0 Å². The van der Waals surface area contributed by atoms with Gasteiger partial charge in [0.1, 0.15) is 29.3 Å². The second-order valence-corrected chi connectivity index (χ2v) is 8.45. The standard InChI is InChI=1S/C27H25N5O3/c1-2-24(33)31-14-6-7-19(16-31)32-26-23(25(28)29-17-30-26)15-22(27(32)34)18-10-12-21(13-11-18)35-20-8-4-3-5-9-20/h2-5,8-13,15,17,19H,1,6-7,14,16H2,(H2,28,29,30)/t19-/m1/s1. The van der Waals surface area contributed by atoms with Crippen LogP contribution in [0.25, 0.3) is 22.2 Å². The van der Waals surface area contributed by atoms with Gasteiger partial charge in [0.15, 0.2) is 0 Å². The number of aromatic nitrogens is 3. The van der Waals surface area contributed by atoms with Crippen molar-refractivity contribution in [3.8, 4) is 22.6 Å². The molecule has 0 saturated carbocycles. The molecule has 2 aromatic carbocycles. The number of nitrogen functional groups attached to an aromatic ring is 1. The fourth-order valence-electron chi connectivity index (χ4n) is 4.53. The summed E-state index contributed by atoms with van der Waals surface area (Å²) >= 11 is 0. The summed E-state index contributed by atoms with van der Waals surface area (Å²) in [5.41, 5.74) is 7.68. The molecule has 1 aliphatic rings. The third-order valence-electron chi connectivity index (χ3n) is 6.25. The van der Waals surface area contributed by atoms with E-state index in [0.29, 0.717) is 41.3 Å². The molecule has 3 heterocycles. The number of piperidine rings is 1. The molecule has 5 rings (SSSR count). The molecule has 0 spiro atoms. The summed E-state index contributed by atoms with van der Waals surface area (Å²) in [7, 11) is 0. The lowest BCUT2D eigenvalue weighted by atomic mass is 10.0. The van der Waals surface area contributed by atoms with Gasteiger partial charge in [-0.2, -0.15) is 0 Å². The fourth-order valence-corrected chi connectivity index (χ4v) is 4.53. The minimum atomic E-state index is -0.238. The Morgan fingerprint density at radius 2 is 1.83 bits per heavy atom. The van der Waals surface area contributed by atoms with Gasteiger partial charge in [-0.1, -0.05) is 36.9 Å². The SMILES string of the molecule is C=CC(=O)N1CCC[C@@H](n2c(=O)c(-c3ccc(Oc4ccccc4)cc3)cc3c(N)ncnc32)C1. The van der Waals surface area contributed by atoms with Gasteiger partial charge in [-0.05, 0) is 54.8 Å². The molecule has 2 N–H and O–H groups in total. The number of pyridine rings is 1. The van der Waals surface area contributed by atoms with Gasteiger partial charge >= 0.3 is 0 Å². The van der Waals surface area contributed by atoms with Gasteiger partial charge in [0.25, 0.3) is 5.56 Å². The average molecular weight is 468 g/mol. The number of rotatable bonds is 5. The van der Waals surface area contributed by atoms with E-state index in [4.69, 9.17) is 10.5 Å². The Balaban J connectivity index is 1.57. The zero-order valence-corrected chi connectivity index (χ0v) is 19.1. The van der Waals surface area contributed by atoms with Crippen molar-refractivity contribution in [1.82, 2.24) is 19.4 Å². The van der Waals surface area contributed by atoms with Crippen LogP contribution >= 0.6 is 0 Å². The van der Waals surface area contributed by atoms with Crippen LogP contribution in [0.3, 0.4) is 0 Å². The van der Waals surface area contributed by atoms with E-state index in [2.05, 4.69) is 16.5 Å².